The maximum Gasteiger partial charge on any atom is 0.256 e. The molecule has 1 fully saturated rings. The molecule has 5 nitrogen and oxygen atoms in total. The monoisotopic (exact) mass is 416 g/mol. The van der Waals surface area contributed by atoms with Crippen LogP contribution in [0.15, 0.2) is 48.5 Å². The highest BCUT2D eigenvalue weighted by atomic mass is 35.5. The molecule has 28 heavy (non-hydrogen) atoms. The van der Waals surface area contributed by atoms with Crippen molar-refractivity contribution in [3.05, 3.63) is 76.3 Å². The summed E-state index contributed by atoms with van der Waals surface area (Å²) < 4.78 is 18.3. The maximum absolute atomic E-state index is 13.9. The van der Waals surface area contributed by atoms with Gasteiger partial charge in [0.1, 0.15) is 11.6 Å². The summed E-state index contributed by atoms with van der Waals surface area (Å²) in [5.74, 6) is 0.0246. The molecule has 0 aliphatic carbocycles. The lowest BCUT2D eigenvalue weighted by atomic mass is 10.1. The summed E-state index contributed by atoms with van der Waals surface area (Å²) in [4.78, 5) is 21.0. The highest BCUT2D eigenvalue weighted by Gasteiger charge is 2.25. The number of halogens is 2. The first-order chi connectivity index (χ1) is 13.6. The van der Waals surface area contributed by atoms with Crippen molar-refractivity contribution in [2.75, 3.05) is 31.1 Å². The number of carbonyl (C=O) groups excluding carboxylic acids is 1. The predicted molar refractivity (Wildman–Crippen MR) is 109 cm³/mol. The van der Waals surface area contributed by atoms with Gasteiger partial charge in [-0.15, -0.1) is 0 Å². The topological polar surface area (TPSA) is 49.3 Å². The molecule has 0 saturated carbocycles. The van der Waals surface area contributed by atoms with Crippen LogP contribution < -0.4 is 4.90 Å². The lowest BCUT2D eigenvalue weighted by Crippen LogP contribution is -2.49. The van der Waals surface area contributed by atoms with Crippen LogP contribution in [-0.4, -0.2) is 46.3 Å². The molecule has 8 heteroatoms. The van der Waals surface area contributed by atoms with E-state index in [0.29, 0.717) is 37.6 Å². The first-order valence-corrected chi connectivity index (χ1v) is 10.1. The van der Waals surface area contributed by atoms with Crippen LogP contribution in [0.4, 0.5) is 9.52 Å². The van der Waals surface area contributed by atoms with E-state index in [2.05, 4.69) is 14.3 Å². The van der Waals surface area contributed by atoms with Crippen molar-refractivity contribution < 1.29 is 9.18 Å². The standard InChI is InChI=1S/C20H18ClFN4OS/c21-15-7-5-14(6-8-15)13-18-23-20(28-24-18)26-11-9-25(10-12-26)19(27)16-3-1-2-4-17(16)22/h1-8H,9-13H2. The fourth-order valence-electron chi connectivity index (χ4n) is 3.14. The third-order valence-corrected chi connectivity index (χ3v) is 5.74. The van der Waals surface area contributed by atoms with E-state index < -0.39 is 5.82 Å². The van der Waals surface area contributed by atoms with Crippen molar-refractivity contribution >= 4 is 34.2 Å². The first-order valence-electron chi connectivity index (χ1n) is 8.96. The first kappa shape index (κ1) is 18.8. The number of hydrogen-bond donors (Lipinski definition) is 0. The van der Waals surface area contributed by atoms with E-state index in [-0.39, 0.29) is 11.5 Å². The number of benzene rings is 2. The van der Waals surface area contributed by atoms with Gasteiger partial charge in [-0.2, -0.15) is 4.37 Å². The molecule has 0 spiro atoms. The molecule has 144 valence electrons. The highest BCUT2D eigenvalue weighted by molar-refractivity contribution is 7.09. The van der Waals surface area contributed by atoms with Gasteiger partial charge < -0.3 is 9.80 Å². The third-order valence-electron chi connectivity index (χ3n) is 4.67. The fraction of sp³-hybridized carbons (Fsp3) is 0.250. The van der Waals surface area contributed by atoms with E-state index in [1.165, 1.54) is 23.7 Å². The molecule has 0 radical (unpaired) electrons. The molecule has 1 aromatic heterocycles. The molecule has 2 aromatic carbocycles. The Balaban J connectivity index is 1.36. The maximum atomic E-state index is 13.9. The average molecular weight is 417 g/mol. The summed E-state index contributed by atoms with van der Waals surface area (Å²) >= 11 is 7.28. The molecule has 4 rings (SSSR count). The van der Waals surface area contributed by atoms with Gasteiger partial charge in [-0.05, 0) is 29.8 Å². The summed E-state index contributed by atoms with van der Waals surface area (Å²) in [6, 6.07) is 13.8. The van der Waals surface area contributed by atoms with Gasteiger partial charge in [0.15, 0.2) is 0 Å². The number of rotatable bonds is 4. The van der Waals surface area contributed by atoms with Crippen LogP contribution in [0.25, 0.3) is 0 Å². The largest absolute Gasteiger partial charge is 0.343 e. The summed E-state index contributed by atoms with van der Waals surface area (Å²) in [7, 11) is 0. The Bertz CT molecular complexity index is 970. The molecular weight excluding hydrogens is 399 g/mol. The zero-order valence-corrected chi connectivity index (χ0v) is 16.6. The van der Waals surface area contributed by atoms with Crippen LogP contribution in [0, 0.1) is 5.82 Å². The van der Waals surface area contributed by atoms with Gasteiger partial charge >= 0.3 is 0 Å². The van der Waals surface area contributed by atoms with E-state index in [4.69, 9.17) is 11.6 Å². The lowest BCUT2D eigenvalue weighted by Gasteiger charge is -2.34. The zero-order valence-electron chi connectivity index (χ0n) is 15.0. The summed E-state index contributed by atoms with van der Waals surface area (Å²) in [5.41, 5.74) is 1.23. The van der Waals surface area contributed by atoms with Gasteiger partial charge in [-0.1, -0.05) is 35.9 Å². The number of nitrogens with zero attached hydrogens (tertiary/aromatic N) is 4. The zero-order chi connectivity index (χ0) is 19.5. The average Bonchev–Trinajstić information content (AvgIpc) is 3.18. The van der Waals surface area contributed by atoms with Crippen LogP contribution in [0.1, 0.15) is 21.7 Å². The SMILES string of the molecule is O=C(c1ccccc1F)N1CCN(c2nc(Cc3ccc(Cl)cc3)ns2)CC1. The molecule has 0 bridgehead atoms. The summed E-state index contributed by atoms with van der Waals surface area (Å²) in [5, 5.41) is 1.56. The van der Waals surface area contributed by atoms with Gasteiger partial charge in [-0.3, -0.25) is 4.79 Å². The van der Waals surface area contributed by atoms with E-state index >= 15 is 0 Å². The van der Waals surface area contributed by atoms with Gasteiger partial charge in [-0.25, -0.2) is 9.37 Å². The van der Waals surface area contributed by atoms with E-state index in [0.717, 1.165) is 16.5 Å². The predicted octanol–water partition coefficient (Wildman–Crippen LogP) is 3.88. The van der Waals surface area contributed by atoms with Crippen molar-refractivity contribution in [1.82, 2.24) is 14.3 Å². The number of aromatic nitrogens is 2. The second kappa shape index (κ2) is 8.24. The van der Waals surface area contributed by atoms with Gasteiger partial charge in [0, 0.05) is 49.2 Å². The molecule has 1 saturated heterocycles. The van der Waals surface area contributed by atoms with Crippen molar-refractivity contribution in [1.29, 1.82) is 0 Å². The van der Waals surface area contributed by atoms with Gasteiger partial charge in [0.05, 0.1) is 5.56 Å². The summed E-state index contributed by atoms with van der Waals surface area (Å²) in [6.45, 7) is 2.35. The van der Waals surface area contributed by atoms with Crippen molar-refractivity contribution in [2.45, 2.75) is 6.42 Å². The molecule has 1 aliphatic rings. The Hall–Kier alpha value is -2.51. The van der Waals surface area contributed by atoms with E-state index in [1.807, 2.05) is 24.3 Å². The van der Waals surface area contributed by atoms with Crippen molar-refractivity contribution in [3.8, 4) is 0 Å². The van der Waals surface area contributed by atoms with Gasteiger partial charge in [0.25, 0.3) is 5.91 Å². The quantitative estimate of drug-likeness (QED) is 0.647. The van der Waals surface area contributed by atoms with Crippen molar-refractivity contribution in [3.63, 3.8) is 0 Å². The van der Waals surface area contributed by atoms with Crippen LogP contribution >= 0.6 is 23.1 Å². The third kappa shape index (κ3) is 4.15. The Morgan fingerprint density at radius 2 is 1.79 bits per heavy atom. The number of anilines is 1. The van der Waals surface area contributed by atoms with Crippen LogP contribution in [0.5, 0.6) is 0 Å². The Morgan fingerprint density at radius 1 is 1.07 bits per heavy atom. The highest BCUT2D eigenvalue weighted by Crippen LogP contribution is 2.22. The second-order valence-electron chi connectivity index (χ2n) is 6.56. The smallest absolute Gasteiger partial charge is 0.256 e. The molecule has 1 aliphatic heterocycles. The normalized spacial score (nSPS) is 14.4. The minimum atomic E-state index is -0.481. The molecule has 0 atom stereocenters. The fourth-order valence-corrected chi connectivity index (χ4v) is 4.00. The second-order valence-corrected chi connectivity index (χ2v) is 7.72. The number of carbonyl (C=O) groups is 1. The Labute approximate surface area is 171 Å². The molecule has 1 amide bonds. The molecule has 0 N–H and O–H groups in total. The van der Waals surface area contributed by atoms with Crippen LogP contribution in [0.2, 0.25) is 5.02 Å². The number of amides is 1. The van der Waals surface area contributed by atoms with E-state index in [1.54, 1.807) is 17.0 Å². The Morgan fingerprint density at radius 3 is 2.50 bits per heavy atom. The van der Waals surface area contributed by atoms with Crippen LogP contribution in [0.3, 0.4) is 0 Å². The molecule has 3 aromatic rings. The van der Waals surface area contributed by atoms with E-state index in [9.17, 15) is 9.18 Å². The molecular formula is C20H18ClFN4OS. The Kier molecular flexibility index (Phi) is 5.54. The minimum absolute atomic E-state index is 0.122. The van der Waals surface area contributed by atoms with Gasteiger partial charge in [0.2, 0.25) is 5.13 Å². The van der Waals surface area contributed by atoms with Crippen molar-refractivity contribution in [2.24, 2.45) is 0 Å². The number of piperazine rings is 1. The number of hydrogen-bond acceptors (Lipinski definition) is 5. The minimum Gasteiger partial charge on any atom is -0.343 e. The van der Waals surface area contributed by atoms with Crippen LogP contribution in [-0.2, 0) is 6.42 Å². The molecule has 0 unspecified atom stereocenters. The lowest BCUT2D eigenvalue weighted by molar-refractivity contribution is 0.0742. The molecule has 2 heterocycles. The summed E-state index contributed by atoms with van der Waals surface area (Å²) in [6.07, 6.45) is 0.652.